The van der Waals surface area contributed by atoms with E-state index in [-0.39, 0.29) is 47.7 Å². The van der Waals surface area contributed by atoms with Gasteiger partial charge in [0.05, 0.1) is 0 Å². The van der Waals surface area contributed by atoms with E-state index in [1.165, 1.54) is 13.8 Å². The molecular formula is C32H42O8. The molecule has 0 spiro atoms. The lowest BCUT2D eigenvalue weighted by Crippen LogP contribution is -2.64. The number of aliphatic carboxylic acids is 1. The van der Waals surface area contributed by atoms with Crippen molar-refractivity contribution in [2.24, 2.45) is 40.4 Å². The molecule has 8 nitrogen and oxygen atoms in total. The first-order valence-electron chi connectivity index (χ1n) is 14.3. The maximum Gasteiger partial charge on any atom is 0.331 e. The Morgan fingerprint density at radius 3 is 2.27 bits per heavy atom. The average Bonchev–Trinajstić information content (AvgIpc) is 3.12. The normalized spacial score (nSPS) is 39.4. The summed E-state index contributed by atoms with van der Waals surface area (Å²) in [6.07, 6.45) is 5.73. The molecule has 0 amide bonds. The number of hydrogen-bond donors (Lipinski definition) is 1. The average molecular weight is 555 g/mol. The van der Waals surface area contributed by atoms with Crippen LogP contribution in [0.1, 0.15) is 80.6 Å². The fourth-order valence-electron chi connectivity index (χ4n) is 8.74. The van der Waals surface area contributed by atoms with Gasteiger partial charge in [-0.3, -0.25) is 19.2 Å². The number of ketones is 2. The number of carbonyl (C=O) groups is 5. The van der Waals surface area contributed by atoms with Crippen LogP contribution in [0.25, 0.3) is 0 Å². The van der Waals surface area contributed by atoms with Gasteiger partial charge in [-0.15, -0.1) is 0 Å². The van der Waals surface area contributed by atoms with Crippen molar-refractivity contribution in [1.29, 1.82) is 0 Å². The van der Waals surface area contributed by atoms with Crippen molar-refractivity contribution in [2.45, 2.75) is 92.8 Å². The summed E-state index contributed by atoms with van der Waals surface area (Å²) in [5.74, 6) is -3.96. The van der Waals surface area contributed by atoms with E-state index < -0.39 is 52.8 Å². The van der Waals surface area contributed by atoms with E-state index in [0.29, 0.717) is 24.8 Å². The smallest absolute Gasteiger partial charge is 0.331 e. The quantitative estimate of drug-likeness (QED) is 0.276. The highest BCUT2D eigenvalue weighted by Gasteiger charge is 2.70. The molecule has 0 heterocycles. The number of esters is 2. The van der Waals surface area contributed by atoms with E-state index >= 15 is 0 Å². The highest BCUT2D eigenvalue weighted by Crippen LogP contribution is 2.67. The fraction of sp³-hybridized carbons (Fsp3) is 0.656. The molecular weight excluding hydrogens is 512 g/mol. The van der Waals surface area contributed by atoms with Gasteiger partial charge in [-0.1, -0.05) is 38.5 Å². The molecule has 0 radical (unpaired) electrons. The van der Waals surface area contributed by atoms with Crippen molar-refractivity contribution in [1.82, 2.24) is 0 Å². The number of fused-ring (bicyclic) bond motifs is 5. The second kappa shape index (κ2) is 10.7. The zero-order valence-electron chi connectivity index (χ0n) is 24.6. The number of carbonyl (C=O) groups excluding carboxylic acids is 4. The van der Waals surface area contributed by atoms with Crippen LogP contribution in [-0.2, 0) is 33.4 Å². The molecule has 4 aliphatic carbocycles. The summed E-state index contributed by atoms with van der Waals surface area (Å²) in [5, 5.41) is 10.4. The van der Waals surface area contributed by atoms with Crippen molar-refractivity contribution in [3.05, 3.63) is 34.9 Å². The van der Waals surface area contributed by atoms with Gasteiger partial charge in [-0.25, -0.2) is 4.79 Å². The van der Waals surface area contributed by atoms with Crippen LogP contribution in [0.15, 0.2) is 34.9 Å². The minimum Gasteiger partial charge on any atom is -0.478 e. The van der Waals surface area contributed by atoms with Crippen LogP contribution in [0.3, 0.4) is 0 Å². The van der Waals surface area contributed by atoms with Gasteiger partial charge in [0, 0.05) is 49.0 Å². The highest BCUT2D eigenvalue weighted by atomic mass is 16.6. The standard InChI is InChI=1S/C32H42O8/c1-16(2)9-8-10-20(30(37)38)23-15-25(39-18(4)33)26-21-11-12-22-17(3)24(35)13-14-31(22,6)27(21)28(36)29(32(23,26)7)40-19(5)34/h9,13-14,17,21-22,25-27,29H,8,10-12,15H2,1-7H3,(H,37,38)/b23-20-/t17-,21-,22-,25?,26+,27+,29-,31-,32+/m0/s1. The van der Waals surface area contributed by atoms with Gasteiger partial charge in [0.1, 0.15) is 6.10 Å². The van der Waals surface area contributed by atoms with Crippen molar-refractivity contribution in [2.75, 3.05) is 0 Å². The molecule has 1 N–H and O–H groups in total. The monoisotopic (exact) mass is 554 g/mol. The predicted octanol–water partition coefficient (Wildman–Crippen LogP) is 5.01. The Morgan fingerprint density at radius 1 is 1.05 bits per heavy atom. The van der Waals surface area contributed by atoms with Crippen LogP contribution < -0.4 is 0 Å². The van der Waals surface area contributed by atoms with Crippen molar-refractivity contribution >= 4 is 29.5 Å². The molecule has 8 heteroatoms. The van der Waals surface area contributed by atoms with E-state index in [0.717, 1.165) is 5.57 Å². The second-order valence-corrected chi connectivity index (χ2v) is 12.9. The lowest BCUT2D eigenvalue weighted by molar-refractivity contribution is -0.190. The Kier molecular flexibility index (Phi) is 8.05. The first kappa shape index (κ1) is 29.9. The molecule has 0 aromatic carbocycles. The van der Waals surface area contributed by atoms with Crippen molar-refractivity contribution in [3.8, 4) is 0 Å². The Hall–Kier alpha value is -3.03. The molecule has 9 atom stereocenters. The molecule has 4 aliphatic rings. The van der Waals surface area contributed by atoms with Crippen LogP contribution in [0.2, 0.25) is 0 Å². The molecule has 1 unspecified atom stereocenters. The van der Waals surface area contributed by atoms with E-state index in [2.05, 4.69) is 0 Å². The van der Waals surface area contributed by atoms with E-state index in [4.69, 9.17) is 9.47 Å². The SMILES string of the molecule is CC(=O)OC1C/C(=C(\CCC=C(C)C)C(=O)O)[C@@]2(C)[C@@H](OC(C)=O)C(=O)[C@H]3[C@@H](CC[C@H]4[C@H](C)C(=O)C=C[C@@]43C)[C@H]12. The van der Waals surface area contributed by atoms with Crippen molar-refractivity contribution < 1.29 is 38.6 Å². The first-order chi connectivity index (χ1) is 18.6. The molecule has 0 aromatic heterocycles. The van der Waals surface area contributed by atoms with Crippen LogP contribution in [0.5, 0.6) is 0 Å². The number of hydrogen-bond acceptors (Lipinski definition) is 7. The molecule has 0 aromatic rings. The zero-order valence-corrected chi connectivity index (χ0v) is 24.6. The first-order valence-corrected chi connectivity index (χ1v) is 14.3. The van der Waals surface area contributed by atoms with Gasteiger partial charge < -0.3 is 14.6 Å². The number of allylic oxidation sites excluding steroid dienone is 4. The lowest BCUT2D eigenvalue weighted by atomic mass is 9.44. The Balaban J connectivity index is 1.94. The summed E-state index contributed by atoms with van der Waals surface area (Å²) in [7, 11) is 0. The van der Waals surface area contributed by atoms with Crippen molar-refractivity contribution in [3.63, 3.8) is 0 Å². The molecule has 218 valence electrons. The topological polar surface area (TPSA) is 124 Å². The van der Waals surface area contributed by atoms with Gasteiger partial charge in [0.15, 0.2) is 17.7 Å². The lowest BCUT2D eigenvalue weighted by Gasteiger charge is -2.60. The second-order valence-electron chi connectivity index (χ2n) is 12.9. The van der Waals surface area contributed by atoms with Gasteiger partial charge >= 0.3 is 17.9 Å². The molecule has 3 fully saturated rings. The number of carboxylic acids is 1. The molecule has 0 saturated heterocycles. The largest absolute Gasteiger partial charge is 0.478 e. The molecule has 0 bridgehead atoms. The summed E-state index contributed by atoms with van der Waals surface area (Å²) in [5.41, 5.74) is -0.0496. The maximum atomic E-state index is 14.6. The van der Waals surface area contributed by atoms with Crippen LogP contribution in [0, 0.1) is 40.4 Å². The number of ether oxygens (including phenoxy) is 2. The molecule has 0 aliphatic heterocycles. The molecule has 3 saturated carbocycles. The van der Waals surface area contributed by atoms with E-state index in [1.54, 1.807) is 6.08 Å². The number of Topliss-reactive ketones (excluding diaryl/α,β-unsaturated/α-hetero) is 1. The van der Waals surface area contributed by atoms with Crippen LogP contribution >= 0.6 is 0 Å². The molecule has 40 heavy (non-hydrogen) atoms. The Bertz CT molecular complexity index is 1220. The Labute approximate surface area is 236 Å². The van der Waals surface area contributed by atoms with Gasteiger partial charge in [-0.05, 0) is 68.4 Å². The summed E-state index contributed by atoms with van der Waals surface area (Å²) in [4.78, 5) is 64.7. The maximum absolute atomic E-state index is 14.6. The number of rotatable bonds is 6. The third-order valence-corrected chi connectivity index (χ3v) is 10.3. The fourth-order valence-corrected chi connectivity index (χ4v) is 8.74. The summed E-state index contributed by atoms with van der Waals surface area (Å²) >= 11 is 0. The minimum absolute atomic E-state index is 0.0388. The zero-order chi connectivity index (χ0) is 29.7. The van der Waals surface area contributed by atoms with E-state index in [9.17, 15) is 29.1 Å². The van der Waals surface area contributed by atoms with Crippen LogP contribution in [-0.4, -0.2) is 46.8 Å². The Morgan fingerprint density at radius 2 is 1.70 bits per heavy atom. The molecule has 4 rings (SSSR count). The minimum atomic E-state index is -1.23. The van der Waals surface area contributed by atoms with Gasteiger partial charge in [-0.2, -0.15) is 0 Å². The van der Waals surface area contributed by atoms with Gasteiger partial charge in [0.2, 0.25) is 0 Å². The third kappa shape index (κ3) is 4.77. The highest BCUT2D eigenvalue weighted by molar-refractivity contribution is 5.96. The van der Waals surface area contributed by atoms with Gasteiger partial charge in [0.25, 0.3) is 0 Å². The predicted molar refractivity (Wildman–Crippen MR) is 147 cm³/mol. The number of carboxylic acid groups (broad SMARTS) is 1. The van der Waals surface area contributed by atoms with Crippen LogP contribution in [0.4, 0.5) is 0 Å². The summed E-state index contributed by atoms with van der Waals surface area (Å²) in [6, 6.07) is 0. The summed E-state index contributed by atoms with van der Waals surface area (Å²) in [6.45, 7) is 12.2. The summed E-state index contributed by atoms with van der Waals surface area (Å²) < 4.78 is 11.7. The van der Waals surface area contributed by atoms with E-state index in [1.807, 2.05) is 46.8 Å². The third-order valence-electron chi connectivity index (χ3n) is 10.3.